The molecule has 0 saturated heterocycles. The van der Waals surface area contributed by atoms with Crippen molar-refractivity contribution in [2.45, 2.75) is 9.96 Å². The van der Waals surface area contributed by atoms with Crippen molar-refractivity contribution in [1.29, 1.82) is 0 Å². The van der Waals surface area contributed by atoms with E-state index in [4.69, 9.17) is 46.4 Å². The summed E-state index contributed by atoms with van der Waals surface area (Å²) in [5.41, 5.74) is 1.10. The van der Waals surface area contributed by atoms with Gasteiger partial charge < -0.3 is 10.6 Å². The number of nitrogens with one attached hydrogen (secondary N) is 2. The molecule has 8 heteroatoms. The van der Waals surface area contributed by atoms with Crippen LogP contribution in [0, 0.1) is 0 Å². The quantitative estimate of drug-likeness (QED) is 0.461. The van der Waals surface area contributed by atoms with Gasteiger partial charge in [-0.15, -0.1) is 0 Å². The summed E-state index contributed by atoms with van der Waals surface area (Å²) in [6.07, 6.45) is -0.920. The summed E-state index contributed by atoms with van der Waals surface area (Å²) in [6.45, 7) is 0. The zero-order valence-electron chi connectivity index (χ0n) is 11.5. The van der Waals surface area contributed by atoms with Crippen LogP contribution in [0.4, 0.5) is 5.69 Å². The van der Waals surface area contributed by atoms with Crippen LogP contribution in [0.25, 0.3) is 0 Å². The van der Waals surface area contributed by atoms with E-state index in [0.29, 0.717) is 16.3 Å². The maximum absolute atomic E-state index is 12.3. The number of rotatable bonds is 4. The summed E-state index contributed by atoms with van der Waals surface area (Å²) in [5.74, 6) is -0.386. The van der Waals surface area contributed by atoms with Gasteiger partial charge in [0.15, 0.2) is 0 Å². The third-order valence-electron chi connectivity index (χ3n) is 2.86. The average molecular weight is 457 g/mol. The number of hydrogen-bond donors (Lipinski definition) is 2. The van der Waals surface area contributed by atoms with Gasteiger partial charge in [-0.3, -0.25) is 4.79 Å². The number of amides is 1. The van der Waals surface area contributed by atoms with Gasteiger partial charge >= 0.3 is 0 Å². The second-order valence-electron chi connectivity index (χ2n) is 4.61. The first-order chi connectivity index (χ1) is 10.8. The zero-order chi connectivity index (χ0) is 17.0. The highest BCUT2D eigenvalue weighted by Gasteiger charge is 2.34. The second kappa shape index (κ2) is 7.95. The standard InChI is InChI=1S/C15H11BrCl4N2O/c16-10-3-7-12(8-4-10)21-14(15(18,19)20)22-13(23)9-1-5-11(17)6-2-9/h1-8,14,21H,(H,22,23)/t14-/m1/s1. The van der Waals surface area contributed by atoms with E-state index in [2.05, 4.69) is 26.6 Å². The second-order valence-corrected chi connectivity index (χ2v) is 8.33. The van der Waals surface area contributed by atoms with Gasteiger partial charge in [0.05, 0.1) is 0 Å². The van der Waals surface area contributed by atoms with Crippen LogP contribution in [0.3, 0.4) is 0 Å². The highest BCUT2D eigenvalue weighted by Crippen LogP contribution is 2.31. The Morgan fingerprint density at radius 2 is 1.57 bits per heavy atom. The first-order valence-corrected chi connectivity index (χ1v) is 8.71. The molecule has 0 saturated carbocycles. The molecule has 2 rings (SSSR count). The predicted molar refractivity (Wildman–Crippen MR) is 101 cm³/mol. The first-order valence-electron chi connectivity index (χ1n) is 6.41. The van der Waals surface area contributed by atoms with E-state index >= 15 is 0 Å². The monoisotopic (exact) mass is 454 g/mol. The number of anilines is 1. The molecule has 122 valence electrons. The predicted octanol–water partition coefficient (Wildman–Crippen LogP) is 5.64. The molecule has 2 aromatic rings. The molecule has 1 atom stereocenters. The molecular formula is C15H11BrCl4N2O. The van der Waals surface area contributed by atoms with Gasteiger partial charge in [0.2, 0.25) is 3.79 Å². The molecular weight excluding hydrogens is 446 g/mol. The van der Waals surface area contributed by atoms with Crippen molar-refractivity contribution < 1.29 is 4.79 Å². The third kappa shape index (κ3) is 5.73. The van der Waals surface area contributed by atoms with Crippen molar-refractivity contribution in [3.63, 3.8) is 0 Å². The lowest BCUT2D eigenvalue weighted by molar-refractivity contribution is 0.0942. The van der Waals surface area contributed by atoms with Crippen molar-refractivity contribution in [1.82, 2.24) is 5.32 Å². The molecule has 2 aromatic carbocycles. The van der Waals surface area contributed by atoms with Crippen molar-refractivity contribution in [3.8, 4) is 0 Å². The fraction of sp³-hybridized carbons (Fsp3) is 0.133. The molecule has 0 spiro atoms. The Kier molecular flexibility index (Phi) is 6.46. The average Bonchev–Trinajstić information content (AvgIpc) is 2.48. The third-order valence-corrected chi connectivity index (χ3v) is 4.30. The molecule has 0 aromatic heterocycles. The molecule has 2 N–H and O–H groups in total. The van der Waals surface area contributed by atoms with Crippen LogP contribution < -0.4 is 10.6 Å². The van der Waals surface area contributed by atoms with Crippen LogP contribution in [-0.4, -0.2) is 15.9 Å². The van der Waals surface area contributed by atoms with Gasteiger partial charge in [0.1, 0.15) is 6.17 Å². The fourth-order valence-corrected chi connectivity index (χ4v) is 2.45. The van der Waals surface area contributed by atoms with E-state index in [0.717, 1.165) is 4.47 Å². The van der Waals surface area contributed by atoms with Crippen LogP contribution in [0.1, 0.15) is 10.4 Å². The number of hydrogen-bond acceptors (Lipinski definition) is 2. The van der Waals surface area contributed by atoms with E-state index < -0.39 is 9.96 Å². The van der Waals surface area contributed by atoms with Crippen LogP contribution in [0.2, 0.25) is 5.02 Å². The highest BCUT2D eigenvalue weighted by molar-refractivity contribution is 9.10. The highest BCUT2D eigenvalue weighted by atomic mass is 79.9. The van der Waals surface area contributed by atoms with Crippen molar-refractivity contribution >= 4 is 73.9 Å². The van der Waals surface area contributed by atoms with E-state index in [-0.39, 0.29) is 5.91 Å². The number of halogens is 5. The Balaban J connectivity index is 2.14. The molecule has 0 heterocycles. The summed E-state index contributed by atoms with van der Waals surface area (Å²) < 4.78 is -0.825. The molecule has 3 nitrogen and oxygen atoms in total. The molecule has 0 radical (unpaired) electrons. The zero-order valence-corrected chi connectivity index (χ0v) is 16.1. The largest absolute Gasteiger partial charge is 0.362 e. The van der Waals surface area contributed by atoms with Gasteiger partial charge in [-0.2, -0.15) is 0 Å². The number of carbonyl (C=O) groups excluding carboxylic acids is 1. The minimum Gasteiger partial charge on any atom is -0.362 e. The lowest BCUT2D eigenvalue weighted by atomic mass is 10.2. The minimum atomic E-state index is -1.74. The van der Waals surface area contributed by atoms with Crippen molar-refractivity contribution in [2.24, 2.45) is 0 Å². The lowest BCUT2D eigenvalue weighted by Gasteiger charge is -2.27. The molecule has 1 amide bonds. The Morgan fingerprint density at radius 1 is 1.00 bits per heavy atom. The molecule has 0 aliphatic rings. The Bertz CT molecular complexity index is 671. The summed E-state index contributed by atoms with van der Waals surface area (Å²) in [7, 11) is 0. The first kappa shape index (κ1) is 18.7. The molecule has 0 fully saturated rings. The van der Waals surface area contributed by atoms with E-state index in [9.17, 15) is 4.79 Å². The number of benzene rings is 2. The fourth-order valence-electron chi connectivity index (χ4n) is 1.73. The summed E-state index contributed by atoms with van der Waals surface area (Å²) in [6, 6.07) is 13.7. The van der Waals surface area contributed by atoms with Crippen molar-refractivity contribution in [3.05, 3.63) is 63.6 Å². The SMILES string of the molecule is O=C(N[C@@H](Nc1ccc(Br)cc1)C(Cl)(Cl)Cl)c1ccc(Cl)cc1. The van der Waals surface area contributed by atoms with Crippen LogP contribution in [-0.2, 0) is 0 Å². The summed E-state index contributed by atoms with van der Waals surface area (Å²) in [4.78, 5) is 12.3. The molecule has 0 unspecified atom stereocenters. The van der Waals surface area contributed by atoms with Gasteiger partial charge in [0.25, 0.3) is 5.91 Å². The number of alkyl halides is 3. The summed E-state index contributed by atoms with van der Waals surface area (Å²) in [5, 5.41) is 6.17. The Hall–Kier alpha value is -0.650. The molecule has 0 bridgehead atoms. The number of carbonyl (C=O) groups is 1. The van der Waals surface area contributed by atoms with Crippen molar-refractivity contribution in [2.75, 3.05) is 5.32 Å². The minimum absolute atomic E-state index is 0.386. The maximum atomic E-state index is 12.3. The van der Waals surface area contributed by atoms with Crippen LogP contribution in [0.15, 0.2) is 53.0 Å². The maximum Gasteiger partial charge on any atom is 0.252 e. The van der Waals surface area contributed by atoms with Crippen LogP contribution >= 0.6 is 62.3 Å². The van der Waals surface area contributed by atoms with Gasteiger partial charge in [-0.1, -0.05) is 62.3 Å². The molecule has 23 heavy (non-hydrogen) atoms. The van der Waals surface area contributed by atoms with E-state index in [1.165, 1.54) is 0 Å². The Morgan fingerprint density at radius 3 is 2.09 bits per heavy atom. The van der Waals surface area contributed by atoms with Gasteiger partial charge in [0, 0.05) is 20.7 Å². The smallest absolute Gasteiger partial charge is 0.252 e. The topological polar surface area (TPSA) is 41.1 Å². The summed E-state index contributed by atoms with van der Waals surface area (Å²) >= 11 is 27.0. The lowest BCUT2D eigenvalue weighted by Crippen LogP contribution is -2.49. The van der Waals surface area contributed by atoms with E-state index in [1.54, 1.807) is 36.4 Å². The van der Waals surface area contributed by atoms with Gasteiger partial charge in [-0.25, -0.2) is 0 Å². The van der Waals surface area contributed by atoms with Crippen LogP contribution in [0.5, 0.6) is 0 Å². The van der Waals surface area contributed by atoms with E-state index in [1.807, 2.05) is 12.1 Å². The van der Waals surface area contributed by atoms with Gasteiger partial charge in [-0.05, 0) is 48.5 Å². The normalized spacial score (nSPS) is 12.6. The Labute approximate surface area is 162 Å². The molecule has 0 aliphatic carbocycles. The molecule has 0 aliphatic heterocycles.